The van der Waals surface area contributed by atoms with Crippen LogP contribution in [0.5, 0.6) is 0 Å². The molecule has 2 aromatic carbocycles. The second-order valence-electron chi connectivity index (χ2n) is 5.48. The van der Waals surface area contributed by atoms with Crippen LogP contribution in [0, 0.1) is 11.5 Å². The van der Waals surface area contributed by atoms with Crippen molar-refractivity contribution in [1.29, 1.82) is 0 Å². The molecule has 0 N–H and O–H groups in total. The third-order valence-electron chi connectivity index (χ3n) is 2.62. The molecule has 0 aromatic heterocycles. The third kappa shape index (κ3) is 4.75. The molecule has 0 atom stereocenters. The smallest absolute Gasteiger partial charge is 0.194 e. The maximum Gasteiger partial charge on any atom is 1.00 e. The molecule has 0 heterocycles. The maximum absolute atomic E-state index is 3.61. The monoisotopic (exact) mass is 242 g/mol. The van der Waals surface area contributed by atoms with Gasteiger partial charge in [0.2, 0.25) is 0 Å². The number of benzene rings is 2. The zero-order valence-corrected chi connectivity index (χ0v) is 12.3. The van der Waals surface area contributed by atoms with Gasteiger partial charge in [-0.05, 0) is 0 Å². The van der Waals surface area contributed by atoms with Gasteiger partial charge in [-0.25, -0.2) is 0 Å². The van der Waals surface area contributed by atoms with Crippen LogP contribution < -0.4 is 18.9 Å². The van der Waals surface area contributed by atoms with E-state index >= 15 is 0 Å². The summed E-state index contributed by atoms with van der Waals surface area (Å²) in [5.41, 5.74) is 3.67. The summed E-state index contributed by atoms with van der Waals surface area (Å²) < 4.78 is 0. The summed E-state index contributed by atoms with van der Waals surface area (Å²) in [7, 11) is 0. The van der Waals surface area contributed by atoms with Crippen molar-refractivity contribution in [3.05, 3.63) is 77.9 Å². The van der Waals surface area contributed by atoms with E-state index in [0.29, 0.717) is 0 Å². The van der Waals surface area contributed by atoms with Gasteiger partial charge in [-0.3, -0.25) is 0 Å². The van der Waals surface area contributed by atoms with Gasteiger partial charge >= 0.3 is 18.9 Å². The average Bonchev–Trinajstić information content (AvgIpc) is 2.37. The van der Waals surface area contributed by atoms with Gasteiger partial charge in [0.25, 0.3) is 0 Å². The first-order chi connectivity index (χ1) is 8.56. The molecule has 19 heavy (non-hydrogen) atoms. The third-order valence-corrected chi connectivity index (χ3v) is 2.62. The van der Waals surface area contributed by atoms with Crippen molar-refractivity contribution in [3.8, 4) is 0 Å². The molecule has 0 aliphatic carbocycles. The van der Waals surface area contributed by atoms with Crippen molar-refractivity contribution in [2.24, 2.45) is 5.41 Å². The van der Waals surface area contributed by atoms with Crippen molar-refractivity contribution >= 4 is 5.57 Å². The molecular weight excluding hydrogens is 223 g/mol. The molecule has 1 heteroatoms. The van der Waals surface area contributed by atoms with Crippen LogP contribution in [-0.2, 0) is 0 Å². The molecule has 0 aliphatic heterocycles. The van der Waals surface area contributed by atoms with Crippen molar-refractivity contribution < 1.29 is 18.9 Å². The number of allylic oxidation sites excluding steroid dienone is 1. The van der Waals surface area contributed by atoms with Crippen molar-refractivity contribution in [3.63, 3.8) is 0 Å². The predicted octanol–water partition coefficient (Wildman–Crippen LogP) is 1.97. The zero-order chi connectivity index (χ0) is 13.0. The Morgan fingerprint density at radius 3 is 1.42 bits per heavy atom. The number of hydrogen-bond donors (Lipinski definition) is 0. The summed E-state index contributed by atoms with van der Waals surface area (Å²) in [6.07, 6.45) is 3.61. The van der Waals surface area contributed by atoms with Crippen LogP contribution in [0.1, 0.15) is 31.9 Å². The molecule has 0 amide bonds. The quantitative estimate of drug-likeness (QED) is 0.558. The van der Waals surface area contributed by atoms with Gasteiger partial charge in [0.1, 0.15) is 0 Å². The summed E-state index contributed by atoms with van der Waals surface area (Å²) >= 11 is 0. The van der Waals surface area contributed by atoms with E-state index in [1.807, 2.05) is 12.1 Å². The Labute approximate surface area is 128 Å². The van der Waals surface area contributed by atoms with E-state index in [9.17, 15) is 0 Å². The molecule has 0 saturated carbocycles. The van der Waals surface area contributed by atoms with Gasteiger partial charge in [0.05, 0.1) is 0 Å². The first-order valence-corrected chi connectivity index (χ1v) is 6.32. The normalized spacial score (nSPS) is 10.5. The van der Waals surface area contributed by atoms with Gasteiger partial charge in [0, 0.05) is 0 Å². The minimum Gasteiger partial charge on any atom is -0.194 e. The van der Waals surface area contributed by atoms with Gasteiger partial charge in [0.15, 0.2) is 0 Å². The maximum atomic E-state index is 3.61. The van der Waals surface area contributed by atoms with E-state index in [-0.39, 0.29) is 24.3 Å². The molecule has 0 saturated heterocycles. The minimum absolute atomic E-state index is 0. The van der Waals surface area contributed by atoms with Crippen molar-refractivity contribution in [1.82, 2.24) is 0 Å². The molecule has 2 rings (SSSR count). The van der Waals surface area contributed by atoms with Crippen LogP contribution in [0.2, 0.25) is 0 Å². The van der Waals surface area contributed by atoms with Gasteiger partial charge in [-0.2, -0.15) is 11.6 Å². The molecule has 0 radical (unpaired) electrons. The first-order valence-electron chi connectivity index (χ1n) is 6.32. The van der Waals surface area contributed by atoms with Gasteiger partial charge in [-0.15, -0.1) is 35.4 Å². The molecule has 0 fully saturated rings. The fourth-order valence-electron chi connectivity index (χ4n) is 1.90. The summed E-state index contributed by atoms with van der Waals surface area (Å²) in [5, 5.41) is 0. The molecule has 92 valence electrons. The number of hydrogen-bond acceptors (Lipinski definition) is 0. The average molecular weight is 242 g/mol. The Kier molecular flexibility index (Phi) is 5.67. The molecular formula is C18H19Li. The van der Waals surface area contributed by atoms with E-state index in [2.05, 4.69) is 75.4 Å². The zero-order valence-electron chi connectivity index (χ0n) is 12.3. The Morgan fingerprint density at radius 1 is 0.737 bits per heavy atom. The van der Waals surface area contributed by atoms with Crippen LogP contribution >= 0.6 is 0 Å². The second-order valence-corrected chi connectivity index (χ2v) is 5.48. The Hall–Kier alpha value is -1.22. The van der Waals surface area contributed by atoms with Gasteiger partial charge in [-0.1, -0.05) is 62.6 Å². The summed E-state index contributed by atoms with van der Waals surface area (Å²) in [5.74, 6) is 0. The Morgan fingerprint density at radius 2 is 1.11 bits per heavy atom. The van der Waals surface area contributed by atoms with Crippen LogP contribution in [0.25, 0.3) is 5.57 Å². The fourth-order valence-corrected chi connectivity index (χ4v) is 1.90. The SMILES string of the molecule is CC(C)(C)[C-]=C(c1ccccc1)c1ccccc1.[Li+]. The molecule has 2 aromatic rings. The standard InChI is InChI=1S/C18H19.Li/c1-18(2,3)14-17(15-10-6-4-7-11-15)16-12-8-5-9-13-16;/h4-13H,1-3H3;/q-1;+1. The van der Waals surface area contributed by atoms with Crippen molar-refractivity contribution in [2.45, 2.75) is 20.8 Å². The molecule has 0 spiro atoms. The van der Waals surface area contributed by atoms with E-state index in [4.69, 9.17) is 0 Å². The number of rotatable bonds is 2. The largest absolute Gasteiger partial charge is 1.00 e. The predicted molar refractivity (Wildman–Crippen MR) is 78.1 cm³/mol. The summed E-state index contributed by atoms with van der Waals surface area (Å²) in [6, 6.07) is 20.9. The first kappa shape index (κ1) is 15.8. The second kappa shape index (κ2) is 6.80. The Balaban J connectivity index is 0.00000180. The van der Waals surface area contributed by atoms with E-state index in [0.717, 1.165) is 0 Å². The van der Waals surface area contributed by atoms with Crippen LogP contribution in [0.4, 0.5) is 0 Å². The van der Waals surface area contributed by atoms with Crippen LogP contribution in [-0.4, -0.2) is 0 Å². The fraction of sp³-hybridized carbons (Fsp3) is 0.222. The molecule has 0 bridgehead atoms. The van der Waals surface area contributed by atoms with E-state index < -0.39 is 0 Å². The molecule has 0 aliphatic rings. The Bertz CT molecular complexity index is 477. The van der Waals surface area contributed by atoms with E-state index in [1.165, 1.54) is 16.7 Å². The topological polar surface area (TPSA) is 0 Å². The van der Waals surface area contributed by atoms with E-state index in [1.54, 1.807) is 0 Å². The van der Waals surface area contributed by atoms with Crippen LogP contribution in [0.15, 0.2) is 60.7 Å². The molecule has 0 nitrogen and oxygen atoms in total. The van der Waals surface area contributed by atoms with Gasteiger partial charge < -0.3 is 0 Å². The summed E-state index contributed by atoms with van der Waals surface area (Å²) in [4.78, 5) is 0. The summed E-state index contributed by atoms with van der Waals surface area (Å²) in [6.45, 7) is 6.54. The minimum atomic E-state index is 0. The molecule has 0 unspecified atom stereocenters. The van der Waals surface area contributed by atoms with Crippen molar-refractivity contribution in [2.75, 3.05) is 0 Å². The van der Waals surface area contributed by atoms with Crippen LogP contribution in [0.3, 0.4) is 0 Å².